The van der Waals surface area contributed by atoms with Gasteiger partial charge >= 0.3 is 0 Å². The van der Waals surface area contributed by atoms with Crippen LogP contribution in [0.5, 0.6) is 11.5 Å². The summed E-state index contributed by atoms with van der Waals surface area (Å²) in [6.07, 6.45) is 10.2. The standard InChI is InChI=1S/C31H33N5O2S/c1-3-25-24(15-21-16-31(21)12-4-13-33-18-31)27-26(11-14-34-28(27)35-25)38-22-8-6-20(7-9-22)29(37)36-30-19(2)5-10-23(17-32)39-30/h6-11,14,21,33H,3-5,12-13,15-16,18H2,1-2H3,(H,34,35)(H,36,37). The fraction of sp³-hybridized carbons (Fsp3) is 0.387. The molecule has 6 rings (SSSR count). The minimum Gasteiger partial charge on any atom is -0.457 e. The van der Waals surface area contributed by atoms with Gasteiger partial charge in [0.05, 0.1) is 15.3 Å². The number of benzene rings is 1. The molecule has 3 aliphatic rings. The molecule has 2 atom stereocenters. The number of nitriles is 1. The van der Waals surface area contributed by atoms with E-state index >= 15 is 0 Å². The largest absolute Gasteiger partial charge is 0.457 e. The van der Waals surface area contributed by atoms with Gasteiger partial charge in [0.1, 0.15) is 23.2 Å². The van der Waals surface area contributed by atoms with Crippen LogP contribution in [0.2, 0.25) is 0 Å². The maximum Gasteiger partial charge on any atom is 0.256 e. The number of piperidine rings is 1. The van der Waals surface area contributed by atoms with E-state index in [1.165, 1.54) is 42.3 Å². The van der Waals surface area contributed by atoms with E-state index in [9.17, 15) is 10.1 Å². The van der Waals surface area contributed by atoms with E-state index in [0.717, 1.165) is 53.3 Å². The number of carbonyl (C=O) groups is 1. The molecule has 3 N–H and O–H groups in total. The van der Waals surface area contributed by atoms with Crippen molar-refractivity contribution in [1.82, 2.24) is 20.6 Å². The normalized spacial score (nSPS) is 22.5. The van der Waals surface area contributed by atoms with E-state index in [2.05, 4.69) is 33.6 Å². The molecule has 7 nitrogen and oxygen atoms in total. The average Bonchev–Trinajstić information content (AvgIpc) is 3.47. The molecule has 0 radical (unpaired) electrons. The number of aryl methyl sites for hydroxylation is 1. The van der Waals surface area contributed by atoms with Crippen molar-refractivity contribution >= 4 is 28.7 Å². The van der Waals surface area contributed by atoms with E-state index < -0.39 is 0 Å². The van der Waals surface area contributed by atoms with Gasteiger partial charge in [0, 0.05) is 24.0 Å². The molecule has 1 amide bonds. The van der Waals surface area contributed by atoms with Crippen LogP contribution in [-0.4, -0.2) is 29.0 Å². The predicted octanol–water partition coefficient (Wildman–Crippen LogP) is 6.36. The van der Waals surface area contributed by atoms with Crippen LogP contribution < -0.4 is 15.4 Å². The van der Waals surface area contributed by atoms with Crippen LogP contribution in [0, 0.1) is 22.7 Å². The second-order valence-electron chi connectivity index (χ2n) is 10.9. The van der Waals surface area contributed by atoms with Gasteiger partial charge in [0.15, 0.2) is 0 Å². The second kappa shape index (κ2) is 10.6. The van der Waals surface area contributed by atoms with Crippen molar-refractivity contribution < 1.29 is 9.53 Å². The lowest BCUT2D eigenvalue weighted by Crippen LogP contribution is -2.32. The molecule has 3 aromatic rings. The summed E-state index contributed by atoms with van der Waals surface area (Å²) in [4.78, 5) is 21.7. The van der Waals surface area contributed by atoms with Crippen molar-refractivity contribution in [3.8, 4) is 17.6 Å². The summed E-state index contributed by atoms with van der Waals surface area (Å²) in [6, 6.07) is 11.3. The Balaban J connectivity index is 1.20. The third-order valence-corrected chi connectivity index (χ3v) is 9.52. The third kappa shape index (κ3) is 5.09. The number of hydrogen-bond donors (Lipinski definition) is 3. The topological polar surface area (TPSA) is 103 Å². The summed E-state index contributed by atoms with van der Waals surface area (Å²) >= 11 is 1.30. The second-order valence-corrected chi connectivity index (χ2v) is 11.9. The summed E-state index contributed by atoms with van der Waals surface area (Å²) in [5.74, 6) is 1.95. The Morgan fingerprint density at radius 3 is 2.90 bits per heavy atom. The van der Waals surface area contributed by atoms with Crippen molar-refractivity contribution in [2.45, 2.75) is 52.4 Å². The number of allylic oxidation sites excluding steroid dienone is 3. The van der Waals surface area contributed by atoms with Crippen LogP contribution in [0.4, 0.5) is 0 Å². The number of pyridine rings is 1. The number of nitrogens with one attached hydrogen (secondary N) is 3. The minimum absolute atomic E-state index is 0.204. The molecule has 1 aliphatic carbocycles. The number of aromatic amines is 1. The molecular formula is C31H33N5O2S. The molecule has 1 aromatic carbocycles. The zero-order valence-electron chi connectivity index (χ0n) is 22.4. The number of carbonyl (C=O) groups excluding carboxylic acids is 1. The summed E-state index contributed by atoms with van der Waals surface area (Å²) in [7, 11) is 0. The molecule has 2 unspecified atom stereocenters. The maximum atomic E-state index is 12.9. The average molecular weight is 540 g/mol. The maximum absolute atomic E-state index is 12.9. The van der Waals surface area contributed by atoms with Crippen molar-refractivity contribution in [2.24, 2.45) is 11.3 Å². The Morgan fingerprint density at radius 2 is 2.15 bits per heavy atom. The van der Waals surface area contributed by atoms with Crippen LogP contribution in [0.25, 0.3) is 11.0 Å². The van der Waals surface area contributed by atoms with Crippen LogP contribution in [-0.2, 0) is 12.8 Å². The first-order valence-electron chi connectivity index (χ1n) is 13.8. The van der Waals surface area contributed by atoms with Crippen LogP contribution in [0.15, 0.2) is 58.1 Å². The fourth-order valence-corrected chi connectivity index (χ4v) is 6.88. The fourth-order valence-electron chi connectivity index (χ4n) is 6.05. The highest BCUT2D eigenvalue weighted by atomic mass is 32.2. The third-order valence-electron chi connectivity index (χ3n) is 8.39. The molecule has 0 bridgehead atoms. The molecule has 2 aromatic heterocycles. The molecular weight excluding hydrogens is 506 g/mol. The highest BCUT2D eigenvalue weighted by molar-refractivity contribution is 8.07. The Morgan fingerprint density at radius 1 is 1.31 bits per heavy atom. The Hall–Kier alpha value is -3.54. The molecule has 8 heteroatoms. The Labute approximate surface area is 233 Å². The van der Waals surface area contributed by atoms with E-state index in [1.807, 2.05) is 31.2 Å². The first kappa shape index (κ1) is 25.7. The number of rotatable bonds is 7. The zero-order chi connectivity index (χ0) is 27.0. The van der Waals surface area contributed by atoms with Crippen molar-refractivity contribution in [2.75, 3.05) is 13.1 Å². The van der Waals surface area contributed by atoms with Gasteiger partial charge < -0.3 is 20.4 Å². The smallest absolute Gasteiger partial charge is 0.256 e. The van der Waals surface area contributed by atoms with Gasteiger partial charge in [-0.2, -0.15) is 5.26 Å². The van der Waals surface area contributed by atoms with Crippen molar-refractivity contribution in [3.05, 3.63) is 74.9 Å². The van der Waals surface area contributed by atoms with Crippen LogP contribution >= 0.6 is 11.8 Å². The van der Waals surface area contributed by atoms with Crippen molar-refractivity contribution in [1.29, 1.82) is 5.26 Å². The Bertz CT molecular complexity index is 1520. The summed E-state index contributed by atoms with van der Waals surface area (Å²) < 4.78 is 6.40. The number of ether oxygens (including phenoxy) is 1. The van der Waals surface area contributed by atoms with Crippen molar-refractivity contribution in [3.63, 3.8) is 0 Å². The first-order valence-corrected chi connectivity index (χ1v) is 14.6. The van der Waals surface area contributed by atoms with Gasteiger partial charge in [-0.05, 0) is 105 Å². The lowest BCUT2D eigenvalue weighted by molar-refractivity contribution is 0.0968. The lowest BCUT2D eigenvalue weighted by Gasteiger charge is -2.23. The quantitative estimate of drug-likeness (QED) is 0.323. The van der Waals surface area contributed by atoms with E-state index in [0.29, 0.717) is 34.0 Å². The highest BCUT2D eigenvalue weighted by Gasteiger charge is 2.53. The van der Waals surface area contributed by atoms with Gasteiger partial charge in [-0.25, -0.2) is 4.98 Å². The lowest BCUT2D eigenvalue weighted by atomic mass is 9.91. The SMILES string of the molecule is CCc1[nH]c2nccc(Oc3ccc(C(=O)NC4=C(C)CC=C(C#N)S4)cc3)c2c1CC1CC12CCCNC2. The van der Waals surface area contributed by atoms with Crippen LogP contribution in [0.1, 0.15) is 61.1 Å². The predicted molar refractivity (Wildman–Crippen MR) is 154 cm³/mol. The molecule has 39 heavy (non-hydrogen) atoms. The summed E-state index contributed by atoms with van der Waals surface area (Å²) in [5.41, 5.74) is 5.48. The van der Waals surface area contributed by atoms with Gasteiger partial charge in [0.25, 0.3) is 5.91 Å². The first-order chi connectivity index (χ1) is 19.0. The number of H-pyrrole nitrogens is 1. The number of amides is 1. The molecule has 200 valence electrons. The zero-order valence-corrected chi connectivity index (χ0v) is 23.2. The molecule has 1 spiro atoms. The van der Waals surface area contributed by atoms with E-state index in [1.54, 1.807) is 18.3 Å². The molecule has 1 saturated heterocycles. The van der Waals surface area contributed by atoms with Gasteiger partial charge in [-0.1, -0.05) is 24.8 Å². The number of aromatic nitrogens is 2. The number of thioether (sulfide) groups is 1. The molecule has 2 fully saturated rings. The molecule has 4 heterocycles. The van der Waals surface area contributed by atoms with Gasteiger partial charge in [-0.3, -0.25) is 4.79 Å². The number of fused-ring (bicyclic) bond motifs is 1. The van der Waals surface area contributed by atoms with Gasteiger partial charge in [0.2, 0.25) is 0 Å². The minimum atomic E-state index is -0.204. The monoisotopic (exact) mass is 539 g/mol. The highest BCUT2D eigenvalue weighted by Crippen LogP contribution is 2.58. The summed E-state index contributed by atoms with van der Waals surface area (Å²) in [5, 5.41) is 17.6. The van der Waals surface area contributed by atoms with Gasteiger partial charge in [-0.15, -0.1) is 0 Å². The number of hydrogen-bond acceptors (Lipinski definition) is 6. The van der Waals surface area contributed by atoms with E-state index in [-0.39, 0.29) is 5.91 Å². The summed E-state index contributed by atoms with van der Waals surface area (Å²) in [6.45, 7) is 6.42. The molecule has 1 saturated carbocycles. The Kier molecular flexibility index (Phi) is 6.96. The van der Waals surface area contributed by atoms with E-state index in [4.69, 9.17) is 4.74 Å². The number of nitrogens with zero attached hydrogens (tertiary/aromatic N) is 2. The van der Waals surface area contributed by atoms with Crippen LogP contribution in [0.3, 0.4) is 0 Å². The molecule has 2 aliphatic heterocycles.